The molecule has 4 heteroatoms. The monoisotopic (exact) mass is 157 g/mol. The van der Waals surface area contributed by atoms with Gasteiger partial charge in [-0.1, -0.05) is 0 Å². The third-order valence-corrected chi connectivity index (χ3v) is 1.67. The molecular weight excluding hydrogens is 146 g/mol. The first-order chi connectivity index (χ1) is 4.83. The number of rotatable bonds is 3. The summed E-state index contributed by atoms with van der Waals surface area (Å²) in [5.74, 6) is -1.84. The van der Waals surface area contributed by atoms with Gasteiger partial charge in [0.1, 0.15) is 0 Å². The molecule has 0 rings (SSSR count). The van der Waals surface area contributed by atoms with Crippen LogP contribution in [0.4, 0.5) is 0 Å². The lowest BCUT2D eigenvalue weighted by Gasteiger charge is -2.18. The first-order valence-electron chi connectivity index (χ1n) is 3.15. The Morgan fingerprint density at radius 3 is 1.09 bits per heavy atom. The Kier molecular flexibility index (Phi) is 2.65. The van der Waals surface area contributed by atoms with E-state index in [4.69, 9.17) is 5.73 Å². The molecule has 0 aliphatic heterocycles. The summed E-state index contributed by atoms with van der Waals surface area (Å²) >= 11 is 0. The molecule has 0 aliphatic rings. The summed E-state index contributed by atoms with van der Waals surface area (Å²) in [5, 5.41) is 0. The van der Waals surface area contributed by atoms with Gasteiger partial charge in [0.2, 0.25) is 0 Å². The summed E-state index contributed by atoms with van der Waals surface area (Å²) < 4.78 is 0. The highest BCUT2D eigenvalue weighted by molar-refractivity contribution is 6.27. The predicted molar refractivity (Wildman–Crippen MR) is 39.0 cm³/mol. The summed E-state index contributed by atoms with van der Waals surface area (Å²) in [6.07, 6.45) is 0. The van der Waals surface area contributed by atoms with Crippen LogP contribution < -0.4 is 5.73 Å². The molecule has 0 heterocycles. The van der Waals surface area contributed by atoms with E-state index in [1.54, 1.807) is 0 Å². The molecule has 0 radical (unpaired) electrons. The number of nitrogens with two attached hydrogens (primary N) is 1. The largest absolute Gasteiger partial charge is 0.307 e. The van der Waals surface area contributed by atoms with E-state index in [9.17, 15) is 14.4 Å². The van der Waals surface area contributed by atoms with E-state index < -0.39 is 22.9 Å². The fraction of sp³-hybridized carbons (Fsp3) is 0.571. The number of carbonyl (C=O) groups is 3. The zero-order chi connectivity index (χ0) is 9.23. The quantitative estimate of drug-likeness (QED) is 0.557. The lowest BCUT2D eigenvalue weighted by Crippen LogP contribution is -2.58. The topological polar surface area (TPSA) is 77.2 Å². The van der Waals surface area contributed by atoms with Crippen LogP contribution in [0.1, 0.15) is 20.8 Å². The van der Waals surface area contributed by atoms with Gasteiger partial charge in [-0.25, -0.2) is 0 Å². The van der Waals surface area contributed by atoms with Gasteiger partial charge in [-0.3, -0.25) is 14.4 Å². The Balaban J connectivity index is 4.99. The molecule has 62 valence electrons. The molecule has 0 unspecified atom stereocenters. The minimum absolute atomic E-state index is 0.613. The van der Waals surface area contributed by atoms with Gasteiger partial charge in [0.25, 0.3) is 0 Å². The molecule has 0 aliphatic carbocycles. The molecule has 0 saturated carbocycles. The van der Waals surface area contributed by atoms with Gasteiger partial charge in [-0.2, -0.15) is 0 Å². The standard InChI is InChI=1S/C7H11NO3/c1-4(9)7(8,5(2)10)6(3)11/h8H2,1-3H3. The highest BCUT2D eigenvalue weighted by atomic mass is 16.2. The number of Topliss-reactive ketones (excluding diaryl/α,β-unsaturated/α-hetero) is 3. The molecule has 0 bridgehead atoms. The van der Waals surface area contributed by atoms with Crippen LogP contribution in [0.2, 0.25) is 0 Å². The van der Waals surface area contributed by atoms with Crippen molar-refractivity contribution < 1.29 is 14.4 Å². The lowest BCUT2D eigenvalue weighted by molar-refractivity contribution is -0.139. The van der Waals surface area contributed by atoms with E-state index in [1.165, 1.54) is 0 Å². The summed E-state index contributed by atoms with van der Waals surface area (Å²) in [5.41, 5.74) is 3.36. The van der Waals surface area contributed by atoms with Crippen LogP contribution in [-0.4, -0.2) is 22.9 Å². The first-order valence-corrected chi connectivity index (χ1v) is 3.15. The summed E-state index contributed by atoms with van der Waals surface area (Å²) in [7, 11) is 0. The van der Waals surface area contributed by atoms with Gasteiger partial charge in [0.05, 0.1) is 0 Å². The van der Waals surface area contributed by atoms with Crippen molar-refractivity contribution in [1.29, 1.82) is 0 Å². The van der Waals surface area contributed by atoms with Crippen molar-refractivity contribution >= 4 is 17.3 Å². The maximum Gasteiger partial charge on any atom is 0.192 e. The van der Waals surface area contributed by atoms with Crippen molar-refractivity contribution in [3.63, 3.8) is 0 Å². The number of hydrogen-bond donors (Lipinski definition) is 1. The maximum atomic E-state index is 10.8. The van der Waals surface area contributed by atoms with Gasteiger partial charge < -0.3 is 5.73 Å². The third-order valence-electron chi connectivity index (χ3n) is 1.67. The van der Waals surface area contributed by atoms with Crippen molar-refractivity contribution in [2.24, 2.45) is 5.73 Å². The predicted octanol–water partition coefficient (Wildman–Crippen LogP) is -0.549. The van der Waals surface area contributed by atoms with Gasteiger partial charge in [-0.05, 0) is 20.8 Å². The second-order valence-electron chi connectivity index (χ2n) is 2.48. The summed E-state index contributed by atoms with van der Waals surface area (Å²) in [6, 6.07) is 0. The fourth-order valence-corrected chi connectivity index (χ4v) is 0.744. The molecule has 0 atom stereocenters. The Bertz CT molecular complexity index is 184. The van der Waals surface area contributed by atoms with E-state index in [2.05, 4.69) is 0 Å². The molecule has 0 aromatic carbocycles. The van der Waals surface area contributed by atoms with Gasteiger partial charge in [0, 0.05) is 0 Å². The number of hydrogen-bond acceptors (Lipinski definition) is 4. The first kappa shape index (κ1) is 9.97. The molecule has 0 fully saturated rings. The van der Waals surface area contributed by atoms with Gasteiger partial charge in [0.15, 0.2) is 22.9 Å². The van der Waals surface area contributed by atoms with Crippen molar-refractivity contribution in [2.45, 2.75) is 26.3 Å². The van der Waals surface area contributed by atoms with E-state index in [1.807, 2.05) is 0 Å². The van der Waals surface area contributed by atoms with Crippen LogP contribution in [-0.2, 0) is 14.4 Å². The molecule has 0 aromatic rings. The van der Waals surface area contributed by atoms with E-state index in [-0.39, 0.29) is 0 Å². The highest BCUT2D eigenvalue weighted by Gasteiger charge is 2.40. The molecular formula is C7H11NO3. The zero-order valence-corrected chi connectivity index (χ0v) is 6.80. The van der Waals surface area contributed by atoms with Crippen molar-refractivity contribution in [2.75, 3.05) is 0 Å². The SMILES string of the molecule is CC(=O)C(N)(C(C)=O)C(C)=O. The van der Waals surface area contributed by atoms with Crippen LogP contribution in [0.5, 0.6) is 0 Å². The number of ketones is 3. The second kappa shape index (κ2) is 2.92. The molecule has 4 nitrogen and oxygen atoms in total. The van der Waals surface area contributed by atoms with Crippen LogP contribution >= 0.6 is 0 Å². The third kappa shape index (κ3) is 1.51. The smallest absolute Gasteiger partial charge is 0.192 e. The molecule has 2 N–H and O–H groups in total. The molecule has 0 amide bonds. The molecule has 11 heavy (non-hydrogen) atoms. The Morgan fingerprint density at radius 2 is 1.09 bits per heavy atom. The summed E-state index contributed by atoms with van der Waals surface area (Å²) in [6.45, 7) is 3.38. The zero-order valence-electron chi connectivity index (χ0n) is 6.80. The normalized spacial score (nSPS) is 10.9. The van der Waals surface area contributed by atoms with Crippen molar-refractivity contribution in [3.8, 4) is 0 Å². The second-order valence-corrected chi connectivity index (χ2v) is 2.48. The van der Waals surface area contributed by atoms with Crippen molar-refractivity contribution in [1.82, 2.24) is 0 Å². The average molecular weight is 157 g/mol. The Morgan fingerprint density at radius 1 is 0.909 bits per heavy atom. The Hall–Kier alpha value is -1.03. The van der Waals surface area contributed by atoms with E-state index in [0.717, 1.165) is 20.8 Å². The van der Waals surface area contributed by atoms with E-state index in [0.29, 0.717) is 0 Å². The van der Waals surface area contributed by atoms with Crippen molar-refractivity contribution in [3.05, 3.63) is 0 Å². The minimum Gasteiger partial charge on any atom is -0.307 e. The van der Waals surface area contributed by atoms with Crippen LogP contribution in [0, 0.1) is 0 Å². The Labute approximate surface area is 64.8 Å². The van der Waals surface area contributed by atoms with Gasteiger partial charge >= 0.3 is 0 Å². The van der Waals surface area contributed by atoms with Crippen LogP contribution in [0.3, 0.4) is 0 Å². The molecule has 0 aromatic heterocycles. The fourth-order valence-electron chi connectivity index (χ4n) is 0.744. The van der Waals surface area contributed by atoms with Gasteiger partial charge in [-0.15, -0.1) is 0 Å². The lowest BCUT2D eigenvalue weighted by atomic mass is 9.88. The van der Waals surface area contributed by atoms with Crippen LogP contribution in [0.15, 0.2) is 0 Å². The minimum atomic E-state index is -1.92. The van der Waals surface area contributed by atoms with Crippen LogP contribution in [0.25, 0.3) is 0 Å². The highest BCUT2D eigenvalue weighted by Crippen LogP contribution is 2.05. The number of carbonyl (C=O) groups excluding carboxylic acids is 3. The average Bonchev–Trinajstić information content (AvgIpc) is 1.84. The molecule has 0 spiro atoms. The molecule has 0 saturated heterocycles. The maximum absolute atomic E-state index is 10.8. The van der Waals surface area contributed by atoms with E-state index >= 15 is 0 Å². The summed E-state index contributed by atoms with van der Waals surface area (Å²) in [4.78, 5) is 32.3.